The summed E-state index contributed by atoms with van der Waals surface area (Å²) >= 11 is 0. The van der Waals surface area contributed by atoms with Gasteiger partial charge in [-0.3, -0.25) is 19.7 Å². The van der Waals surface area contributed by atoms with Crippen molar-refractivity contribution in [1.29, 1.82) is 0 Å². The molecule has 2 aromatic rings. The lowest BCUT2D eigenvalue weighted by molar-refractivity contribution is -0.384. The Bertz CT molecular complexity index is 860. The van der Waals surface area contributed by atoms with Crippen LogP contribution in [0.5, 0.6) is 0 Å². The molecule has 0 heterocycles. The van der Waals surface area contributed by atoms with Gasteiger partial charge in [0.15, 0.2) is 0 Å². The lowest BCUT2D eigenvalue weighted by Crippen LogP contribution is -2.32. The Morgan fingerprint density at radius 1 is 1.15 bits per heavy atom. The number of benzene rings is 2. The van der Waals surface area contributed by atoms with Gasteiger partial charge in [-0.2, -0.15) is 0 Å². The van der Waals surface area contributed by atoms with E-state index >= 15 is 0 Å². The second kappa shape index (κ2) is 9.28. The van der Waals surface area contributed by atoms with Crippen LogP contribution in [-0.4, -0.2) is 22.8 Å². The first-order valence-corrected chi connectivity index (χ1v) is 8.54. The summed E-state index contributed by atoms with van der Waals surface area (Å²) < 4.78 is 0. The highest BCUT2D eigenvalue weighted by Gasteiger charge is 2.13. The van der Waals surface area contributed by atoms with Crippen LogP contribution in [0.15, 0.2) is 54.6 Å². The summed E-state index contributed by atoms with van der Waals surface area (Å²) in [5.41, 5.74) is 1.43. The van der Waals surface area contributed by atoms with Gasteiger partial charge in [0.05, 0.1) is 16.2 Å². The van der Waals surface area contributed by atoms with Crippen LogP contribution in [0.25, 0.3) is 6.08 Å². The van der Waals surface area contributed by atoms with Crippen molar-refractivity contribution in [2.75, 3.05) is 5.32 Å². The molecule has 2 amide bonds. The van der Waals surface area contributed by atoms with Gasteiger partial charge < -0.3 is 10.6 Å². The van der Waals surface area contributed by atoms with Gasteiger partial charge in [0.2, 0.25) is 5.91 Å². The van der Waals surface area contributed by atoms with E-state index in [-0.39, 0.29) is 17.6 Å². The molecule has 0 aliphatic heterocycles. The fraction of sp³-hybridized carbons (Fsp3) is 0.200. The van der Waals surface area contributed by atoms with Crippen molar-refractivity contribution in [3.05, 3.63) is 75.8 Å². The zero-order valence-electron chi connectivity index (χ0n) is 15.1. The maximum atomic E-state index is 12.3. The van der Waals surface area contributed by atoms with Crippen molar-refractivity contribution < 1.29 is 14.5 Å². The van der Waals surface area contributed by atoms with E-state index in [1.165, 1.54) is 18.2 Å². The third-order valence-corrected chi connectivity index (χ3v) is 3.95. The first-order chi connectivity index (χ1) is 12.9. The normalized spacial score (nSPS) is 11.8. The topological polar surface area (TPSA) is 101 Å². The lowest BCUT2D eigenvalue weighted by atomic mass is 10.1. The minimum atomic E-state index is -0.485. The third-order valence-electron chi connectivity index (χ3n) is 3.95. The average molecular weight is 367 g/mol. The predicted octanol–water partition coefficient (Wildman–Crippen LogP) is 3.78. The summed E-state index contributed by atoms with van der Waals surface area (Å²) in [7, 11) is 0. The van der Waals surface area contributed by atoms with E-state index in [4.69, 9.17) is 0 Å². The van der Waals surface area contributed by atoms with Gasteiger partial charge in [-0.1, -0.05) is 19.1 Å². The van der Waals surface area contributed by atoms with Gasteiger partial charge in [-0.25, -0.2) is 0 Å². The van der Waals surface area contributed by atoms with Crippen molar-refractivity contribution in [2.45, 2.75) is 26.3 Å². The smallest absolute Gasteiger partial charge is 0.269 e. The molecule has 140 valence electrons. The monoisotopic (exact) mass is 367 g/mol. The van der Waals surface area contributed by atoms with E-state index in [0.29, 0.717) is 16.8 Å². The highest BCUT2D eigenvalue weighted by Crippen LogP contribution is 2.16. The fourth-order valence-corrected chi connectivity index (χ4v) is 2.25. The summed E-state index contributed by atoms with van der Waals surface area (Å²) in [5, 5.41) is 16.2. The molecule has 7 nitrogen and oxygen atoms in total. The molecule has 0 spiro atoms. The molecule has 27 heavy (non-hydrogen) atoms. The van der Waals surface area contributed by atoms with Gasteiger partial charge >= 0.3 is 0 Å². The number of para-hydroxylation sites is 1. The van der Waals surface area contributed by atoms with Gasteiger partial charge in [-0.15, -0.1) is 0 Å². The standard InChI is InChI=1S/C20H21N3O4/c1-3-14(2)21-20(25)17-6-4-5-7-18(17)22-19(24)13-10-15-8-11-16(12-9-15)23(26)27/h4-14H,3H2,1-2H3,(H,21,25)(H,22,24)/b13-10+. The molecular formula is C20H21N3O4. The quantitative estimate of drug-likeness (QED) is 0.442. The first-order valence-electron chi connectivity index (χ1n) is 8.54. The number of nitrogens with one attached hydrogen (secondary N) is 2. The minimum absolute atomic E-state index is 0.0159. The first kappa shape index (κ1) is 19.8. The number of anilines is 1. The van der Waals surface area contributed by atoms with E-state index in [1.807, 2.05) is 13.8 Å². The van der Waals surface area contributed by atoms with Crippen LogP contribution in [0, 0.1) is 10.1 Å². The Balaban J connectivity index is 2.07. The van der Waals surface area contributed by atoms with Crippen molar-refractivity contribution in [2.24, 2.45) is 0 Å². The Kier molecular flexibility index (Phi) is 6.82. The van der Waals surface area contributed by atoms with E-state index in [2.05, 4.69) is 10.6 Å². The number of rotatable bonds is 7. The molecule has 0 radical (unpaired) electrons. The molecule has 0 fully saturated rings. The molecular weight excluding hydrogens is 346 g/mol. The highest BCUT2D eigenvalue weighted by atomic mass is 16.6. The van der Waals surface area contributed by atoms with Crippen LogP contribution in [0.2, 0.25) is 0 Å². The summed E-state index contributed by atoms with van der Waals surface area (Å²) in [6.07, 6.45) is 3.66. The van der Waals surface area contributed by atoms with Crippen molar-refractivity contribution in [1.82, 2.24) is 5.32 Å². The molecule has 0 aliphatic rings. The Hall–Kier alpha value is -3.48. The number of carbonyl (C=O) groups excluding carboxylic acids is 2. The van der Waals surface area contributed by atoms with Gasteiger partial charge in [0.1, 0.15) is 0 Å². The van der Waals surface area contributed by atoms with Crippen LogP contribution in [-0.2, 0) is 4.79 Å². The number of amides is 2. The molecule has 2 rings (SSSR count). The molecule has 1 unspecified atom stereocenters. The summed E-state index contributed by atoms with van der Waals surface area (Å²) in [6, 6.07) is 12.6. The maximum Gasteiger partial charge on any atom is 0.269 e. The zero-order chi connectivity index (χ0) is 19.8. The van der Waals surface area contributed by atoms with E-state index in [0.717, 1.165) is 6.42 Å². The summed E-state index contributed by atoms with van der Waals surface area (Å²) in [6.45, 7) is 3.88. The van der Waals surface area contributed by atoms with Crippen molar-refractivity contribution in [3.8, 4) is 0 Å². The van der Waals surface area contributed by atoms with Crippen LogP contribution < -0.4 is 10.6 Å². The number of hydrogen-bond donors (Lipinski definition) is 2. The van der Waals surface area contributed by atoms with E-state index < -0.39 is 10.8 Å². The molecule has 0 saturated carbocycles. The SMILES string of the molecule is CCC(C)NC(=O)c1ccccc1NC(=O)/C=C/c1ccc([N+](=O)[O-])cc1. The summed E-state index contributed by atoms with van der Waals surface area (Å²) in [4.78, 5) is 34.7. The van der Waals surface area contributed by atoms with Crippen LogP contribution >= 0.6 is 0 Å². The fourth-order valence-electron chi connectivity index (χ4n) is 2.25. The van der Waals surface area contributed by atoms with Gasteiger partial charge in [0.25, 0.3) is 11.6 Å². The molecule has 1 atom stereocenters. The molecule has 2 aromatic carbocycles. The van der Waals surface area contributed by atoms with Crippen LogP contribution in [0.1, 0.15) is 36.2 Å². The molecule has 0 aromatic heterocycles. The molecule has 2 N–H and O–H groups in total. The van der Waals surface area contributed by atoms with Crippen molar-refractivity contribution in [3.63, 3.8) is 0 Å². The number of carbonyl (C=O) groups is 2. The largest absolute Gasteiger partial charge is 0.350 e. The van der Waals surface area contributed by atoms with Crippen LogP contribution in [0.4, 0.5) is 11.4 Å². The highest BCUT2D eigenvalue weighted by molar-refractivity contribution is 6.07. The Morgan fingerprint density at radius 3 is 2.44 bits per heavy atom. The number of hydrogen-bond acceptors (Lipinski definition) is 4. The summed E-state index contributed by atoms with van der Waals surface area (Å²) in [5.74, 6) is -0.656. The second-order valence-electron chi connectivity index (χ2n) is 6.00. The average Bonchev–Trinajstić information content (AvgIpc) is 2.66. The Labute approximate surface area is 157 Å². The minimum Gasteiger partial charge on any atom is -0.350 e. The Morgan fingerprint density at radius 2 is 1.81 bits per heavy atom. The predicted molar refractivity (Wildman–Crippen MR) is 104 cm³/mol. The zero-order valence-corrected chi connectivity index (χ0v) is 15.1. The van der Waals surface area contributed by atoms with Crippen LogP contribution in [0.3, 0.4) is 0 Å². The maximum absolute atomic E-state index is 12.3. The van der Waals surface area contributed by atoms with Crippen molar-refractivity contribution >= 4 is 29.3 Å². The lowest BCUT2D eigenvalue weighted by Gasteiger charge is -2.14. The number of nitrogens with zero attached hydrogens (tertiary/aromatic N) is 1. The van der Waals surface area contributed by atoms with Gasteiger partial charge in [0, 0.05) is 24.3 Å². The number of nitro groups is 1. The molecule has 7 heteroatoms. The van der Waals surface area contributed by atoms with E-state index in [9.17, 15) is 19.7 Å². The molecule has 0 bridgehead atoms. The number of non-ortho nitro benzene ring substituents is 1. The number of nitro benzene ring substituents is 1. The third kappa shape index (κ3) is 5.78. The second-order valence-corrected chi connectivity index (χ2v) is 6.00. The molecule has 0 saturated heterocycles. The van der Waals surface area contributed by atoms with E-state index in [1.54, 1.807) is 42.5 Å². The van der Waals surface area contributed by atoms with Gasteiger partial charge in [-0.05, 0) is 49.2 Å². The molecule has 0 aliphatic carbocycles.